The van der Waals surface area contributed by atoms with Gasteiger partial charge in [-0.25, -0.2) is 4.39 Å². The molecule has 0 aliphatic rings. The molecule has 0 saturated carbocycles. The van der Waals surface area contributed by atoms with Crippen molar-refractivity contribution in [3.05, 3.63) is 64.4 Å². The number of methoxy groups -OCH3 is 1. The lowest BCUT2D eigenvalue weighted by atomic mass is 9.99. The van der Waals surface area contributed by atoms with Gasteiger partial charge in [0.1, 0.15) is 11.6 Å². The van der Waals surface area contributed by atoms with Crippen LogP contribution in [0, 0.1) is 5.82 Å². The fraction of sp³-hybridized carbons (Fsp3) is 0.143. The summed E-state index contributed by atoms with van der Waals surface area (Å²) in [5.41, 5.74) is 7.65. The lowest BCUT2D eigenvalue weighted by Gasteiger charge is -2.13. The van der Waals surface area contributed by atoms with E-state index < -0.39 is 5.82 Å². The number of nitrogens with two attached hydrogens (primary N) is 1. The van der Waals surface area contributed by atoms with Crippen molar-refractivity contribution in [1.82, 2.24) is 0 Å². The molecule has 18 heavy (non-hydrogen) atoms. The number of hydrogen-bond donors (Lipinski definition) is 1. The Kier molecular flexibility index (Phi) is 3.84. The van der Waals surface area contributed by atoms with E-state index in [1.807, 2.05) is 24.3 Å². The molecule has 0 amide bonds. The van der Waals surface area contributed by atoms with E-state index in [9.17, 15) is 4.39 Å². The predicted octanol–water partition coefficient (Wildman–Crippen LogP) is 3.54. The van der Waals surface area contributed by atoms with E-state index in [1.165, 1.54) is 12.1 Å². The molecule has 1 atom stereocenters. The van der Waals surface area contributed by atoms with Crippen LogP contribution < -0.4 is 10.5 Å². The van der Waals surface area contributed by atoms with Crippen molar-refractivity contribution in [2.24, 2.45) is 5.73 Å². The second-order valence-electron chi connectivity index (χ2n) is 3.92. The lowest BCUT2D eigenvalue weighted by Crippen LogP contribution is -2.12. The van der Waals surface area contributed by atoms with Crippen LogP contribution in [0.5, 0.6) is 5.75 Å². The first kappa shape index (κ1) is 12.9. The topological polar surface area (TPSA) is 35.2 Å². The van der Waals surface area contributed by atoms with Gasteiger partial charge in [0.2, 0.25) is 0 Å². The minimum Gasteiger partial charge on any atom is -0.497 e. The van der Waals surface area contributed by atoms with Crippen LogP contribution in [0.2, 0.25) is 5.02 Å². The average molecular weight is 266 g/mol. The van der Waals surface area contributed by atoms with E-state index >= 15 is 0 Å². The van der Waals surface area contributed by atoms with Crippen LogP contribution in [-0.2, 0) is 0 Å². The summed E-state index contributed by atoms with van der Waals surface area (Å²) >= 11 is 5.64. The van der Waals surface area contributed by atoms with E-state index in [0.29, 0.717) is 5.56 Å². The molecule has 2 aromatic rings. The Morgan fingerprint density at radius 1 is 1.11 bits per heavy atom. The van der Waals surface area contributed by atoms with Gasteiger partial charge in [-0.3, -0.25) is 0 Å². The second kappa shape index (κ2) is 5.38. The molecule has 0 radical (unpaired) electrons. The van der Waals surface area contributed by atoms with E-state index in [2.05, 4.69) is 0 Å². The van der Waals surface area contributed by atoms with Crippen molar-refractivity contribution in [2.75, 3.05) is 7.11 Å². The molecule has 0 fully saturated rings. The van der Waals surface area contributed by atoms with Gasteiger partial charge in [-0.1, -0.05) is 29.8 Å². The van der Waals surface area contributed by atoms with Crippen molar-refractivity contribution in [2.45, 2.75) is 6.04 Å². The maximum absolute atomic E-state index is 13.4. The van der Waals surface area contributed by atoms with Gasteiger partial charge in [0.15, 0.2) is 0 Å². The summed E-state index contributed by atoms with van der Waals surface area (Å²) in [6.07, 6.45) is 0. The SMILES string of the molecule is COc1ccc(C(N)c2ccc(Cl)c(F)c2)cc1. The van der Waals surface area contributed by atoms with Gasteiger partial charge in [0.05, 0.1) is 18.2 Å². The second-order valence-corrected chi connectivity index (χ2v) is 4.33. The number of benzene rings is 2. The van der Waals surface area contributed by atoms with Gasteiger partial charge in [-0.05, 0) is 35.4 Å². The van der Waals surface area contributed by atoms with Gasteiger partial charge in [-0.2, -0.15) is 0 Å². The third-order valence-corrected chi connectivity index (χ3v) is 3.08. The van der Waals surface area contributed by atoms with Gasteiger partial charge in [-0.15, -0.1) is 0 Å². The molecular weight excluding hydrogens is 253 g/mol. The summed E-state index contributed by atoms with van der Waals surface area (Å²) in [4.78, 5) is 0. The molecule has 2 aromatic carbocycles. The van der Waals surface area contributed by atoms with Crippen molar-refractivity contribution in [1.29, 1.82) is 0 Å². The van der Waals surface area contributed by atoms with Gasteiger partial charge < -0.3 is 10.5 Å². The van der Waals surface area contributed by atoms with Crippen LogP contribution in [0.4, 0.5) is 4.39 Å². The average Bonchev–Trinajstić information content (AvgIpc) is 2.41. The highest BCUT2D eigenvalue weighted by Gasteiger charge is 2.11. The highest BCUT2D eigenvalue weighted by molar-refractivity contribution is 6.30. The quantitative estimate of drug-likeness (QED) is 0.921. The zero-order valence-corrected chi connectivity index (χ0v) is 10.6. The molecule has 2 nitrogen and oxygen atoms in total. The third-order valence-electron chi connectivity index (χ3n) is 2.78. The van der Waals surface area contributed by atoms with Crippen LogP contribution in [0.15, 0.2) is 42.5 Å². The Morgan fingerprint density at radius 3 is 2.28 bits per heavy atom. The highest BCUT2D eigenvalue weighted by atomic mass is 35.5. The lowest BCUT2D eigenvalue weighted by molar-refractivity contribution is 0.414. The molecule has 94 valence electrons. The summed E-state index contributed by atoms with van der Waals surface area (Å²) in [5, 5.41) is 0.0979. The zero-order chi connectivity index (χ0) is 13.1. The minimum atomic E-state index is -0.460. The van der Waals surface area contributed by atoms with Gasteiger partial charge >= 0.3 is 0 Å². The summed E-state index contributed by atoms with van der Waals surface area (Å²) in [6, 6.07) is 11.6. The first-order chi connectivity index (χ1) is 8.61. The molecule has 2 rings (SSSR count). The van der Waals surface area contributed by atoms with E-state index in [0.717, 1.165) is 11.3 Å². The Balaban J connectivity index is 2.28. The molecule has 0 aromatic heterocycles. The van der Waals surface area contributed by atoms with Crippen LogP contribution >= 0.6 is 11.6 Å². The largest absolute Gasteiger partial charge is 0.497 e. The van der Waals surface area contributed by atoms with E-state index in [4.69, 9.17) is 22.1 Å². The summed E-state index contributed by atoms with van der Waals surface area (Å²) in [5.74, 6) is 0.298. The van der Waals surface area contributed by atoms with Crippen LogP contribution in [0.1, 0.15) is 17.2 Å². The molecule has 0 saturated heterocycles. The first-order valence-electron chi connectivity index (χ1n) is 5.46. The molecule has 1 unspecified atom stereocenters. The number of rotatable bonds is 3. The maximum Gasteiger partial charge on any atom is 0.142 e. The van der Waals surface area contributed by atoms with Crippen LogP contribution in [0.3, 0.4) is 0 Å². The van der Waals surface area contributed by atoms with Gasteiger partial charge in [0.25, 0.3) is 0 Å². The Morgan fingerprint density at radius 2 is 1.72 bits per heavy atom. The molecule has 0 aliphatic heterocycles. The zero-order valence-electron chi connectivity index (χ0n) is 9.86. The normalized spacial score (nSPS) is 12.2. The monoisotopic (exact) mass is 265 g/mol. The van der Waals surface area contributed by atoms with Gasteiger partial charge in [0, 0.05) is 0 Å². The van der Waals surface area contributed by atoms with Crippen molar-refractivity contribution in [3.63, 3.8) is 0 Å². The fourth-order valence-corrected chi connectivity index (χ4v) is 1.83. The Labute approximate surface area is 110 Å². The Bertz CT molecular complexity index is 542. The molecule has 0 bridgehead atoms. The number of halogens is 2. The molecule has 0 aliphatic carbocycles. The smallest absolute Gasteiger partial charge is 0.142 e. The standard InChI is InChI=1S/C14H13ClFNO/c1-18-11-5-2-9(3-6-11)14(17)10-4-7-12(15)13(16)8-10/h2-8,14H,17H2,1H3. The summed E-state index contributed by atoms with van der Waals surface area (Å²) in [6.45, 7) is 0. The van der Waals surface area contributed by atoms with Crippen molar-refractivity contribution >= 4 is 11.6 Å². The number of hydrogen-bond acceptors (Lipinski definition) is 2. The van der Waals surface area contributed by atoms with Crippen LogP contribution in [0.25, 0.3) is 0 Å². The maximum atomic E-state index is 13.4. The highest BCUT2D eigenvalue weighted by Crippen LogP contribution is 2.24. The predicted molar refractivity (Wildman–Crippen MR) is 70.4 cm³/mol. The van der Waals surface area contributed by atoms with E-state index in [-0.39, 0.29) is 11.1 Å². The van der Waals surface area contributed by atoms with E-state index in [1.54, 1.807) is 13.2 Å². The Hall–Kier alpha value is -1.58. The molecule has 4 heteroatoms. The van der Waals surface area contributed by atoms with Crippen molar-refractivity contribution < 1.29 is 9.13 Å². The minimum absolute atomic E-state index is 0.0979. The van der Waals surface area contributed by atoms with Crippen molar-refractivity contribution in [3.8, 4) is 5.75 Å². The molecule has 0 spiro atoms. The third kappa shape index (κ3) is 2.63. The number of ether oxygens (including phenoxy) is 1. The molecule has 2 N–H and O–H groups in total. The van der Waals surface area contributed by atoms with Crippen LogP contribution in [-0.4, -0.2) is 7.11 Å². The fourth-order valence-electron chi connectivity index (χ4n) is 1.71. The molecular formula is C14H13ClFNO. The summed E-state index contributed by atoms with van der Waals surface area (Å²) < 4.78 is 18.4. The first-order valence-corrected chi connectivity index (χ1v) is 5.84. The summed E-state index contributed by atoms with van der Waals surface area (Å²) in [7, 11) is 1.60. The molecule has 0 heterocycles.